The molecule has 0 spiro atoms. The molecular weight excluding hydrogens is 274 g/mol. The van der Waals surface area contributed by atoms with Crippen molar-refractivity contribution in [3.63, 3.8) is 0 Å². The number of nitrogens with one attached hydrogen (secondary N) is 1. The van der Waals surface area contributed by atoms with Gasteiger partial charge in [0.2, 0.25) is 0 Å². The summed E-state index contributed by atoms with van der Waals surface area (Å²) in [4.78, 5) is 4.21. The van der Waals surface area contributed by atoms with Crippen LogP contribution < -0.4 is 5.32 Å². The largest absolute Gasteiger partial charge is 0.383 e. The average molecular weight is 289 g/mol. The van der Waals surface area contributed by atoms with Crippen molar-refractivity contribution in [3.8, 4) is 16.8 Å². The smallest absolute Gasteiger partial charge is 0.166 e. The zero-order valence-electron chi connectivity index (χ0n) is 11.2. The second-order valence-electron chi connectivity index (χ2n) is 4.04. The van der Waals surface area contributed by atoms with E-state index in [1.165, 1.54) is 11.3 Å². The van der Waals surface area contributed by atoms with E-state index in [-0.39, 0.29) is 0 Å². The van der Waals surface area contributed by atoms with Crippen LogP contribution in [0.1, 0.15) is 10.6 Å². The van der Waals surface area contributed by atoms with Gasteiger partial charge >= 0.3 is 0 Å². The Morgan fingerprint density at radius 2 is 2.25 bits per heavy atom. The molecule has 0 aromatic carbocycles. The third-order valence-corrected chi connectivity index (χ3v) is 3.58. The molecule has 0 saturated carbocycles. The van der Waals surface area contributed by atoms with Gasteiger partial charge in [-0.25, -0.2) is 0 Å². The Labute approximate surface area is 121 Å². The van der Waals surface area contributed by atoms with Crippen molar-refractivity contribution < 1.29 is 4.74 Å². The molecule has 20 heavy (non-hydrogen) atoms. The lowest BCUT2D eigenvalue weighted by Crippen LogP contribution is -2.21. The van der Waals surface area contributed by atoms with E-state index < -0.39 is 0 Å². The van der Waals surface area contributed by atoms with Crippen LogP contribution in [0.15, 0.2) is 18.3 Å². The Hall–Kier alpha value is -1.88. The molecule has 0 radical (unpaired) electrons. The lowest BCUT2D eigenvalue weighted by Gasteiger charge is -2.00. The number of pyridine rings is 1. The van der Waals surface area contributed by atoms with Crippen LogP contribution in [0.25, 0.3) is 10.7 Å². The number of aromatic nitrogens is 3. The van der Waals surface area contributed by atoms with Gasteiger partial charge in [-0.15, -0.1) is 10.2 Å². The van der Waals surface area contributed by atoms with Crippen LogP contribution in [-0.4, -0.2) is 42.0 Å². The molecule has 0 aliphatic heterocycles. The van der Waals surface area contributed by atoms with Gasteiger partial charge in [-0.1, -0.05) is 11.3 Å². The quantitative estimate of drug-likeness (QED) is 0.772. The normalized spacial score (nSPS) is 10.4. The van der Waals surface area contributed by atoms with E-state index in [4.69, 9.17) is 10.00 Å². The SMILES string of the molecule is COCCNCCc1nnc(-c2ccc(C#N)cn2)s1. The molecule has 1 N–H and O–H groups in total. The zero-order valence-corrected chi connectivity index (χ0v) is 12.0. The fraction of sp³-hybridized carbons (Fsp3) is 0.385. The summed E-state index contributed by atoms with van der Waals surface area (Å²) in [6.07, 6.45) is 2.38. The Morgan fingerprint density at radius 3 is 2.95 bits per heavy atom. The fourth-order valence-electron chi connectivity index (χ4n) is 1.54. The van der Waals surface area contributed by atoms with Crippen molar-refractivity contribution in [3.05, 3.63) is 28.9 Å². The van der Waals surface area contributed by atoms with E-state index in [0.717, 1.165) is 35.2 Å². The van der Waals surface area contributed by atoms with Crippen LogP contribution in [0.5, 0.6) is 0 Å². The lowest BCUT2D eigenvalue weighted by atomic mass is 10.3. The molecule has 2 heterocycles. The Balaban J connectivity index is 1.89. The number of ether oxygens (including phenoxy) is 1. The molecule has 0 atom stereocenters. The summed E-state index contributed by atoms with van der Waals surface area (Å²) >= 11 is 1.52. The second-order valence-corrected chi connectivity index (χ2v) is 5.10. The molecule has 2 aromatic rings. The van der Waals surface area contributed by atoms with Crippen LogP contribution in [0.2, 0.25) is 0 Å². The van der Waals surface area contributed by atoms with E-state index in [1.807, 2.05) is 6.07 Å². The number of methoxy groups -OCH3 is 1. The lowest BCUT2D eigenvalue weighted by molar-refractivity contribution is 0.199. The minimum atomic E-state index is 0.542. The predicted octanol–water partition coefficient (Wildman–Crippen LogP) is 1.25. The Bertz CT molecular complexity index is 575. The van der Waals surface area contributed by atoms with Crippen LogP contribution in [0.4, 0.5) is 0 Å². The van der Waals surface area contributed by atoms with Gasteiger partial charge in [0.15, 0.2) is 5.01 Å². The molecule has 6 nitrogen and oxygen atoms in total. The molecular formula is C13H15N5OS. The van der Waals surface area contributed by atoms with E-state index in [1.54, 1.807) is 25.4 Å². The van der Waals surface area contributed by atoms with E-state index >= 15 is 0 Å². The molecule has 2 aromatic heterocycles. The number of nitrogens with zero attached hydrogens (tertiary/aromatic N) is 4. The maximum atomic E-state index is 8.73. The van der Waals surface area contributed by atoms with Crippen LogP contribution in [0, 0.1) is 11.3 Å². The molecule has 0 bridgehead atoms. The first kappa shape index (κ1) is 14.5. The fourth-order valence-corrected chi connectivity index (χ4v) is 2.36. The van der Waals surface area contributed by atoms with Gasteiger partial charge in [0.1, 0.15) is 16.8 Å². The van der Waals surface area contributed by atoms with Gasteiger partial charge < -0.3 is 10.1 Å². The molecule has 2 rings (SSSR count). The summed E-state index contributed by atoms with van der Waals surface area (Å²) in [6, 6.07) is 5.57. The molecule has 7 heteroatoms. The summed E-state index contributed by atoms with van der Waals surface area (Å²) in [5.41, 5.74) is 1.29. The molecule has 104 valence electrons. The minimum absolute atomic E-state index is 0.542. The predicted molar refractivity (Wildman–Crippen MR) is 76.3 cm³/mol. The highest BCUT2D eigenvalue weighted by Crippen LogP contribution is 2.21. The number of rotatable bonds is 7. The first-order valence-electron chi connectivity index (χ1n) is 6.22. The average Bonchev–Trinajstić information content (AvgIpc) is 2.96. The molecule has 0 saturated heterocycles. The summed E-state index contributed by atoms with van der Waals surface area (Å²) in [7, 11) is 1.68. The highest BCUT2D eigenvalue weighted by molar-refractivity contribution is 7.14. The molecule has 0 aliphatic carbocycles. The highest BCUT2D eigenvalue weighted by Gasteiger charge is 2.07. The van der Waals surface area contributed by atoms with E-state index in [9.17, 15) is 0 Å². The van der Waals surface area contributed by atoms with E-state index in [0.29, 0.717) is 12.2 Å². The van der Waals surface area contributed by atoms with Crippen LogP contribution >= 0.6 is 11.3 Å². The third-order valence-electron chi connectivity index (χ3n) is 2.58. The maximum absolute atomic E-state index is 8.73. The van der Waals surface area contributed by atoms with Crippen LogP contribution in [0.3, 0.4) is 0 Å². The first-order chi connectivity index (χ1) is 9.83. The number of nitriles is 1. The number of hydrogen-bond donors (Lipinski definition) is 1. The van der Waals surface area contributed by atoms with Gasteiger partial charge in [0.25, 0.3) is 0 Å². The van der Waals surface area contributed by atoms with Crippen molar-refractivity contribution in [2.75, 3.05) is 26.8 Å². The summed E-state index contributed by atoms with van der Waals surface area (Å²) in [5, 5.41) is 22.0. The Kier molecular flexibility index (Phi) is 5.55. The third kappa shape index (κ3) is 4.06. The van der Waals surface area contributed by atoms with Crippen molar-refractivity contribution >= 4 is 11.3 Å². The van der Waals surface area contributed by atoms with Crippen molar-refractivity contribution in [1.29, 1.82) is 5.26 Å². The second kappa shape index (κ2) is 7.65. The Morgan fingerprint density at radius 1 is 1.35 bits per heavy atom. The number of hydrogen-bond acceptors (Lipinski definition) is 7. The summed E-state index contributed by atoms with van der Waals surface area (Å²) in [5.74, 6) is 0. The molecule has 0 unspecified atom stereocenters. The summed E-state index contributed by atoms with van der Waals surface area (Å²) in [6.45, 7) is 2.38. The summed E-state index contributed by atoms with van der Waals surface area (Å²) < 4.78 is 4.96. The van der Waals surface area contributed by atoms with E-state index in [2.05, 4.69) is 20.5 Å². The van der Waals surface area contributed by atoms with Gasteiger partial charge in [0.05, 0.1) is 12.2 Å². The maximum Gasteiger partial charge on any atom is 0.166 e. The van der Waals surface area contributed by atoms with Gasteiger partial charge in [0, 0.05) is 32.8 Å². The van der Waals surface area contributed by atoms with Gasteiger partial charge in [-0.2, -0.15) is 5.26 Å². The molecule has 0 amide bonds. The standard InChI is InChI=1S/C13H15N5OS/c1-19-7-6-15-5-4-12-17-18-13(20-12)11-3-2-10(8-14)9-16-11/h2-3,9,15H,4-7H2,1H3. The van der Waals surface area contributed by atoms with Gasteiger partial charge in [-0.05, 0) is 12.1 Å². The zero-order chi connectivity index (χ0) is 14.2. The van der Waals surface area contributed by atoms with Gasteiger partial charge in [-0.3, -0.25) is 4.98 Å². The molecule has 0 aliphatic rings. The van der Waals surface area contributed by atoms with Crippen molar-refractivity contribution in [2.24, 2.45) is 0 Å². The first-order valence-corrected chi connectivity index (χ1v) is 7.03. The van der Waals surface area contributed by atoms with Crippen LogP contribution in [-0.2, 0) is 11.2 Å². The topological polar surface area (TPSA) is 83.7 Å². The minimum Gasteiger partial charge on any atom is -0.383 e. The molecule has 0 fully saturated rings. The van der Waals surface area contributed by atoms with Crippen molar-refractivity contribution in [1.82, 2.24) is 20.5 Å². The van der Waals surface area contributed by atoms with Crippen molar-refractivity contribution in [2.45, 2.75) is 6.42 Å². The monoisotopic (exact) mass is 289 g/mol. The highest BCUT2D eigenvalue weighted by atomic mass is 32.1.